The fourth-order valence-electron chi connectivity index (χ4n) is 3.10. The van der Waals surface area contributed by atoms with E-state index < -0.39 is 0 Å². The number of hydrogen-bond donors (Lipinski definition) is 1. The highest BCUT2D eigenvalue weighted by atomic mass is 16.3. The molecule has 0 radical (unpaired) electrons. The van der Waals surface area contributed by atoms with Crippen molar-refractivity contribution in [1.29, 1.82) is 0 Å². The summed E-state index contributed by atoms with van der Waals surface area (Å²) in [6.07, 6.45) is 5.66. The van der Waals surface area contributed by atoms with E-state index in [0.29, 0.717) is 6.04 Å². The van der Waals surface area contributed by atoms with Gasteiger partial charge in [-0.2, -0.15) is 0 Å². The van der Waals surface area contributed by atoms with Crippen LogP contribution in [-0.4, -0.2) is 24.5 Å². The second kappa shape index (κ2) is 7.28. The largest absolute Gasteiger partial charge is 0.463 e. The molecule has 0 bridgehead atoms. The fourth-order valence-corrected chi connectivity index (χ4v) is 3.10. The van der Waals surface area contributed by atoms with Gasteiger partial charge in [0.05, 0.1) is 13.1 Å². The Labute approximate surface area is 123 Å². The molecule has 0 saturated heterocycles. The van der Waals surface area contributed by atoms with Gasteiger partial charge in [-0.05, 0) is 44.4 Å². The Morgan fingerprint density at radius 1 is 1.35 bits per heavy atom. The van der Waals surface area contributed by atoms with Crippen LogP contribution in [0.15, 0.2) is 10.5 Å². The van der Waals surface area contributed by atoms with Gasteiger partial charge in [0.15, 0.2) is 0 Å². The Morgan fingerprint density at radius 2 is 2.05 bits per heavy atom. The number of furan rings is 1. The van der Waals surface area contributed by atoms with E-state index in [1.807, 2.05) is 0 Å². The molecule has 0 aliphatic heterocycles. The van der Waals surface area contributed by atoms with E-state index in [9.17, 15) is 0 Å². The van der Waals surface area contributed by atoms with E-state index in [-0.39, 0.29) is 0 Å². The average molecular weight is 278 g/mol. The average Bonchev–Trinajstić information content (AvgIpc) is 2.97. The molecule has 1 aromatic heterocycles. The molecule has 0 aromatic carbocycles. The molecule has 0 unspecified atom stereocenters. The van der Waals surface area contributed by atoms with Gasteiger partial charge in [-0.1, -0.05) is 26.7 Å². The van der Waals surface area contributed by atoms with Gasteiger partial charge in [-0.3, -0.25) is 4.90 Å². The van der Waals surface area contributed by atoms with Crippen LogP contribution in [-0.2, 0) is 13.1 Å². The van der Waals surface area contributed by atoms with Gasteiger partial charge in [-0.25, -0.2) is 0 Å². The lowest BCUT2D eigenvalue weighted by Gasteiger charge is -2.19. The highest BCUT2D eigenvalue weighted by Crippen LogP contribution is 2.26. The van der Waals surface area contributed by atoms with Crippen LogP contribution >= 0.6 is 0 Å². The lowest BCUT2D eigenvalue weighted by molar-refractivity contribution is 0.248. The van der Waals surface area contributed by atoms with E-state index in [1.54, 1.807) is 0 Å². The molecule has 0 atom stereocenters. The molecule has 3 nitrogen and oxygen atoms in total. The lowest BCUT2D eigenvalue weighted by Crippen LogP contribution is -2.24. The van der Waals surface area contributed by atoms with Crippen LogP contribution in [0.4, 0.5) is 0 Å². The standard InChI is InChI=1S/C17H30N2O/c1-13(2)18-10-17-14(3)9-16(20-17)12-19(4)11-15-7-5-6-8-15/h9,13,15,18H,5-8,10-12H2,1-4H3. The van der Waals surface area contributed by atoms with Crippen LogP contribution in [0, 0.1) is 12.8 Å². The Morgan fingerprint density at radius 3 is 2.70 bits per heavy atom. The maximum Gasteiger partial charge on any atom is 0.120 e. The van der Waals surface area contributed by atoms with Crippen LogP contribution < -0.4 is 5.32 Å². The molecule has 2 rings (SSSR count). The number of aryl methyl sites for hydroxylation is 1. The Balaban J connectivity index is 1.84. The highest BCUT2D eigenvalue weighted by Gasteiger charge is 2.18. The summed E-state index contributed by atoms with van der Waals surface area (Å²) in [5.74, 6) is 3.09. The summed E-state index contributed by atoms with van der Waals surface area (Å²) in [4.78, 5) is 2.41. The molecular formula is C17H30N2O. The minimum atomic E-state index is 0.494. The molecule has 0 amide bonds. The first-order chi connectivity index (χ1) is 9.54. The summed E-state index contributed by atoms with van der Waals surface area (Å²) in [6.45, 7) is 9.43. The molecular weight excluding hydrogens is 248 g/mol. The zero-order valence-electron chi connectivity index (χ0n) is 13.5. The molecule has 1 aromatic rings. The van der Waals surface area contributed by atoms with Crippen molar-refractivity contribution < 1.29 is 4.42 Å². The normalized spacial score (nSPS) is 16.7. The molecule has 1 saturated carbocycles. The molecule has 1 fully saturated rings. The zero-order chi connectivity index (χ0) is 14.5. The predicted molar refractivity (Wildman–Crippen MR) is 83.7 cm³/mol. The lowest BCUT2D eigenvalue weighted by atomic mass is 10.1. The topological polar surface area (TPSA) is 28.4 Å². The van der Waals surface area contributed by atoms with Crippen LogP contribution in [0.1, 0.15) is 56.6 Å². The van der Waals surface area contributed by atoms with Crippen molar-refractivity contribution in [3.05, 3.63) is 23.2 Å². The molecule has 1 heterocycles. The summed E-state index contributed by atoms with van der Waals surface area (Å²) in [5, 5.41) is 3.42. The quantitative estimate of drug-likeness (QED) is 0.824. The number of hydrogen-bond acceptors (Lipinski definition) is 3. The number of nitrogens with zero attached hydrogens (tertiary/aromatic N) is 1. The predicted octanol–water partition coefficient (Wildman–Crippen LogP) is 3.71. The number of rotatable bonds is 7. The van der Waals surface area contributed by atoms with Gasteiger partial charge in [0.25, 0.3) is 0 Å². The van der Waals surface area contributed by atoms with Gasteiger partial charge in [-0.15, -0.1) is 0 Å². The molecule has 0 spiro atoms. The third-order valence-electron chi connectivity index (χ3n) is 4.21. The van der Waals surface area contributed by atoms with Crippen LogP contribution in [0.5, 0.6) is 0 Å². The maximum absolute atomic E-state index is 6.00. The smallest absolute Gasteiger partial charge is 0.120 e. The van der Waals surface area contributed by atoms with E-state index >= 15 is 0 Å². The molecule has 20 heavy (non-hydrogen) atoms. The molecule has 1 aliphatic carbocycles. The van der Waals surface area contributed by atoms with Crippen LogP contribution in [0.3, 0.4) is 0 Å². The summed E-state index contributed by atoms with van der Waals surface area (Å²) in [6, 6.07) is 2.69. The Kier molecular flexibility index (Phi) is 5.67. The van der Waals surface area contributed by atoms with Crippen LogP contribution in [0.25, 0.3) is 0 Å². The van der Waals surface area contributed by atoms with E-state index in [2.05, 4.69) is 44.1 Å². The van der Waals surface area contributed by atoms with E-state index in [0.717, 1.165) is 30.5 Å². The van der Waals surface area contributed by atoms with Gasteiger partial charge in [0, 0.05) is 12.6 Å². The van der Waals surface area contributed by atoms with Crippen LogP contribution in [0.2, 0.25) is 0 Å². The molecule has 1 N–H and O–H groups in total. The van der Waals surface area contributed by atoms with Gasteiger partial charge in [0.2, 0.25) is 0 Å². The van der Waals surface area contributed by atoms with E-state index in [4.69, 9.17) is 4.42 Å². The summed E-state index contributed by atoms with van der Waals surface area (Å²) in [5.41, 5.74) is 1.27. The minimum absolute atomic E-state index is 0.494. The van der Waals surface area contributed by atoms with Crippen molar-refractivity contribution in [2.24, 2.45) is 5.92 Å². The van der Waals surface area contributed by atoms with Crippen molar-refractivity contribution >= 4 is 0 Å². The summed E-state index contributed by atoms with van der Waals surface area (Å²) < 4.78 is 6.00. The second-order valence-electron chi connectivity index (χ2n) is 6.70. The highest BCUT2D eigenvalue weighted by molar-refractivity contribution is 5.20. The minimum Gasteiger partial charge on any atom is -0.463 e. The van der Waals surface area contributed by atoms with Crippen molar-refractivity contribution in [3.63, 3.8) is 0 Å². The monoisotopic (exact) mass is 278 g/mol. The van der Waals surface area contributed by atoms with Gasteiger partial charge >= 0.3 is 0 Å². The van der Waals surface area contributed by atoms with Crippen molar-refractivity contribution in [3.8, 4) is 0 Å². The second-order valence-corrected chi connectivity index (χ2v) is 6.70. The fraction of sp³-hybridized carbons (Fsp3) is 0.765. The van der Waals surface area contributed by atoms with E-state index in [1.165, 1.54) is 37.8 Å². The Hall–Kier alpha value is -0.800. The first kappa shape index (κ1) is 15.6. The third kappa shape index (κ3) is 4.64. The van der Waals surface area contributed by atoms with Crippen molar-refractivity contribution in [2.45, 2.75) is 65.6 Å². The Bertz CT molecular complexity index is 405. The van der Waals surface area contributed by atoms with Crippen molar-refractivity contribution in [1.82, 2.24) is 10.2 Å². The SMILES string of the molecule is Cc1cc(CN(C)CC2CCCC2)oc1CNC(C)C. The van der Waals surface area contributed by atoms with Crippen molar-refractivity contribution in [2.75, 3.05) is 13.6 Å². The maximum atomic E-state index is 6.00. The number of nitrogens with one attached hydrogen (secondary N) is 1. The summed E-state index contributed by atoms with van der Waals surface area (Å²) in [7, 11) is 2.21. The molecule has 3 heteroatoms. The van der Waals surface area contributed by atoms with Gasteiger partial charge in [0.1, 0.15) is 11.5 Å². The third-order valence-corrected chi connectivity index (χ3v) is 4.21. The summed E-state index contributed by atoms with van der Waals surface area (Å²) >= 11 is 0. The first-order valence-corrected chi connectivity index (χ1v) is 8.04. The zero-order valence-corrected chi connectivity index (χ0v) is 13.5. The molecule has 1 aliphatic rings. The van der Waals surface area contributed by atoms with Gasteiger partial charge < -0.3 is 9.73 Å². The first-order valence-electron chi connectivity index (χ1n) is 8.04. The molecule has 114 valence electrons.